The van der Waals surface area contributed by atoms with Crippen LogP contribution in [0.1, 0.15) is 63.0 Å². The first-order valence-electron chi connectivity index (χ1n) is 12.0. The van der Waals surface area contributed by atoms with E-state index >= 15 is 0 Å². The number of piperidine rings is 1. The summed E-state index contributed by atoms with van der Waals surface area (Å²) in [5.74, 6) is 1.01. The Hall–Kier alpha value is -2.40. The number of nitrogens with zero attached hydrogens (tertiary/aromatic N) is 2. The minimum absolute atomic E-state index is 0.145. The molecular formula is C27H35FN2O2. The number of aromatic hydroxyl groups is 1. The maximum absolute atomic E-state index is 13.7. The van der Waals surface area contributed by atoms with Crippen molar-refractivity contribution in [1.29, 1.82) is 0 Å². The van der Waals surface area contributed by atoms with Crippen molar-refractivity contribution in [2.24, 2.45) is 5.92 Å². The average molecular weight is 439 g/mol. The fourth-order valence-corrected chi connectivity index (χ4v) is 5.55. The van der Waals surface area contributed by atoms with Crippen LogP contribution in [-0.2, 0) is 11.3 Å². The lowest BCUT2D eigenvalue weighted by Crippen LogP contribution is -2.46. The van der Waals surface area contributed by atoms with Crippen LogP contribution >= 0.6 is 0 Å². The number of carbonyl (C=O) groups is 1. The van der Waals surface area contributed by atoms with E-state index in [2.05, 4.69) is 24.8 Å². The van der Waals surface area contributed by atoms with Crippen LogP contribution in [0.4, 0.5) is 4.39 Å². The third kappa shape index (κ3) is 5.50. The van der Waals surface area contributed by atoms with Crippen LogP contribution < -0.4 is 0 Å². The summed E-state index contributed by atoms with van der Waals surface area (Å²) >= 11 is 0. The first-order chi connectivity index (χ1) is 15.4. The molecule has 0 aromatic heterocycles. The monoisotopic (exact) mass is 438 g/mol. The van der Waals surface area contributed by atoms with E-state index in [0.717, 1.165) is 24.9 Å². The normalized spacial score (nSPS) is 22.9. The van der Waals surface area contributed by atoms with Crippen LogP contribution in [0.15, 0.2) is 48.5 Å². The maximum Gasteiger partial charge on any atom is 0.223 e. The lowest BCUT2D eigenvalue weighted by atomic mass is 9.85. The zero-order valence-corrected chi connectivity index (χ0v) is 19.2. The zero-order valence-electron chi connectivity index (χ0n) is 19.2. The van der Waals surface area contributed by atoms with Crippen LogP contribution in [-0.4, -0.2) is 46.0 Å². The van der Waals surface area contributed by atoms with E-state index in [9.17, 15) is 14.3 Å². The Kier molecular flexibility index (Phi) is 7.14. The zero-order chi connectivity index (χ0) is 22.7. The highest BCUT2D eigenvalue weighted by Gasteiger charge is 2.41. The predicted octanol–water partition coefficient (Wildman–Crippen LogP) is 5.32. The molecule has 2 saturated heterocycles. The summed E-state index contributed by atoms with van der Waals surface area (Å²) in [6, 6.07) is 15.3. The van der Waals surface area contributed by atoms with Crippen LogP contribution in [0.3, 0.4) is 0 Å². The Morgan fingerprint density at radius 1 is 1.12 bits per heavy atom. The van der Waals surface area contributed by atoms with E-state index in [4.69, 9.17) is 0 Å². The third-order valence-corrected chi connectivity index (χ3v) is 7.05. The topological polar surface area (TPSA) is 43.8 Å². The molecule has 172 valence electrons. The first-order valence-corrected chi connectivity index (χ1v) is 12.0. The van der Waals surface area contributed by atoms with Crippen LogP contribution in [0.2, 0.25) is 0 Å². The summed E-state index contributed by atoms with van der Waals surface area (Å²) in [5, 5.41) is 9.87. The molecule has 2 heterocycles. The standard InChI is InChI=1S/C27H35FN2O2/c1-19(2)13-27(32)29(18-20-5-3-7-23(28)14-20)11-12-30-24-9-10-25(30)16-22(15-24)21-6-4-8-26(31)17-21/h3-8,14,17,19,22,24-25,31H,9-13,15-16,18H2,1-2H3/t22-,24+,25-. The van der Waals surface area contributed by atoms with Gasteiger partial charge < -0.3 is 10.0 Å². The van der Waals surface area contributed by atoms with E-state index in [-0.39, 0.29) is 11.7 Å². The molecule has 4 rings (SSSR count). The van der Waals surface area contributed by atoms with Crippen molar-refractivity contribution in [2.75, 3.05) is 13.1 Å². The molecule has 2 fully saturated rings. The molecule has 0 unspecified atom stereocenters. The van der Waals surface area contributed by atoms with Gasteiger partial charge >= 0.3 is 0 Å². The number of amides is 1. The number of carbonyl (C=O) groups excluding carboxylic acids is 1. The molecule has 4 nitrogen and oxygen atoms in total. The number of halogens is 1. The fourth-order valence-electron chi connectivity index (χ4n) is 5.55. The van der Waals surface area contributed by atoms with Crippen molar-refractivity contribution in [3.8, 4) is 5.75 Å². The minimum Gasteiger partial charge on any atom is -0.508 e. The molecule has 2 aliphatic heterocycles. The van der Waals surface area contributed by atoms with E-state index < -0.39 is 0 Å². The van der Waals surface area contributed by atoms with Crippen molar-refractivity contribution < 1.29 is 14.3 Å². The number of hydrogen-bond acceptors (Lipinski definition) is 3. The highest BCUT2D eigenvalue weighted by Crippen LogP contribution is 2.43. The molecule has 2 aromatic carbocycles. The van der Waals surface area contributed by atoms with Crippen molar-refractivity contribution in [3.63, 3.8) is 0 Å². The Balaban J connectivity index is 1.41. The second kappa shape index (κ2) is 10.0. The number of rotatable bonds is 8. The Morgan fingerprint density at radius 2 is 1.84 bits per heavy atom. The molecule has 0 aliphatic carbocycles. The molecular weight excluding hydrogens is 403 g/mol. The highest BCUT2D eigenvalue weighted by atomic mass is 19.1. The molecule has 2 aromatic rings. The van der Waals surface area contributed by atoms with Gasteiger partial charge in [-0.15, -0.1) is 0 Å². The van der Waals surface area contributed by atoms with E-state index in [0.29, 0.717) is 49.2 Å². The van der Waals surface area contributed by atoms with Gasteiger partial charge in [0.25, 0.3) is 0 Å². The van der Waals surface area contributed by atoms with E-state index in [1.165, 1.54) is 30.5 Å². The largest absolute Gasteiger partial charge is 0.508 e. The summed E-state index contributed by atoms with van der Waals surface area (Å²) < 4.78 is 13.7. The summed E-state index contributed by atoms with van der Waals surface area (Å²) in [5.41, 5.74) is 2.08. The summed E-state index contributed by atoms with van der Waals surface area (Å²) in [7, 11) is 0. The van der Waals surface area contributed by atoms with Crippen LogP contribution in [0.25, 0.3) is 0 Å². The van der Waals surface area contributed by atoms with E-state index in [1.807, 2.05) is 23.1 Å². The quantitative estimate of drug-likeness (QED) is 0.607. The molecule has 0 radical (unpaired) electrons. The van der Waals surface area contributed by atoms with Crippen LogP contribution in [0.5, 0.6) is 5.75 Å². The lowest BCUT2D eigenvalue weighted by Gasteiger charge is -2.40. The van der Waals surface area contributed by atoms with Crippen molar-refractivity contribution in [2.45, 2.75) is 70.5 Å². The summed E-state index contributed by atoms with van der Waals surface area (Å²) in [6.45, 7) is 6.11. The Labute approximate surface area is 191 Å². The smallest absolute Gasteiger partial charge is 0.223 e. The van der Waals surface area contributed by atoms with Crippen molar-refractivity contribution >= 4 is 5.91 Å². The van der Waals surface area contributed by atoms with Gasteiger partial charge in [0.15, 0.2) is 0 Å². The molecule has 0 saturated carbocycles. The van der Waals surface area contributed by atoms with Gasteiger partial charge in [-0.3, -0.25) is 9.69 Å². The van der Waals surface area contributed by atoms with Gasteiger partial charge in [-0.2, -0.15) is 0 Å². The molecule has 3 atom stereocenters. The van der Waals surface area contributed by atoms with Gasteiger partial charge in [0.2, 0.25) is 5.91 Å². The SMILES string of the molecule is CC(C)CC(=O)N(CCN1[C@@H]2CC[C@H]1C[C@@H](c1cccc(O)c1)C2)Cc1cccc(F)c1. The molecule has 0 spiro atoms. The minimum atomic E-state index is -0.258. The number of fused-ring (bicyclic) bond motifs is 2. The highest BCUT2D eigenvalue weighted by molar-refractivity contribution is 5.76. The summed E-state index contributed by atoms with van der Waals surface area (Å²) in [6.07, 6.45) is 5.11. The molecule has 5 heteroatoms. The molecule has 32 heavy (non-hydrogen) atoms. The van der Waals surface area contributed by atoms with E-state index in [1.54, 1.807) is 12.1 Å². The average Bonchev–Trinajstić information content (AvgIpc) is 2.97. The fraction of sp³-hybridized carbons (Fsp3) is 0.519. The number of phenols is 1. The predicted molar refractivity (Wildman–Crippen MR) is 125 cm³/mol. The van der Waals surface area contributed by atoms with Crippen molar-refractivity contribution in [3.05, 3.63) is 65.5 Å². The molecule has 1 amide bonds. The van der Waals surface area contributed by atoms with Crippen LogP contribution in [0, 0.1) is 11.7 Å². The van der Waals surface area contributed by atoms with Gasteiger partial charge in [0, 0.05) is 38.1 Å². The summed E-state index contributed by atoms with van der Waals surface area (Å²) in [4.78, 5) is 17.5. The molecule has 1 N–H and O–H groups in total. The Morgan fingerprint density at radius 3 is 2.50 bits per heavy atom. The van der Waals surface area contributed by atoms with Crippen molar-refractivity contribution in [1.82, 2.24) is 9.80 Å². The third-order valence-electron chi connectivity index (χ3n) is 7.05. The number of phenolic OH excluding ortho intramolecular Hbond substituents is 1. The molecule has 2 bridgehead atoms. The first kappa shape index (κ1) is 22.8. The van der Waals surface area contributed by atoms with Gasteiger partial charge in [0.1, 0.15) is 11.6 Å². The van der Waals surface area contributed by atoms with Gasteiger partial charge in [-0.1, -0.05) is 38.1 Å². The van der Waals surface area contributed by atoms with Gasteiger partial charge in [0.05, 0.1) is 0 Å². The lowest BCUT2D eigenvalue weighted by molar-refractivity contribution is -0.133. The van der Waals surface area contributed by atoms with Gasteiger partial charge in [-0.25, -0.2) is 4.39 Å². The second-order valence-electron chi connectivity index (χ2n) is 9.93. The number of hydrogen-bond donors (Lipinski definition) is 1. The Bertz CT molecular complexity index is 917. The maximum atomic E-state index is 13.7. The molecule has 2 aliphatic rings. The number of benzene rings is 2. The van der Waals surface area contributed by atoms with Gasteiger partial charge in [-0.05, 0) is 72.9 Å². The second-order valence-corrected chi connectivity index (χ2v) is 9.93.